The molecule has 0 atom stereocenters. The number of carbonyl (C=O) groups excluding carboxylic acids is 1. The second-order valence-corrected chi connectivity index (χ2v) is 5.63. The molecule has 0 aromatic carbocycles. The van der Waals surface area contributed by atoms with E-state index in [1.54, 1.807) is 6.07 Å². The van der Waals surface area contributed by atoms with E-state index in [1.165, 1.54) is 11.3 Å². The van der Waals surface area contributed by atoms with Crippen molar-refractivity contribution in [1.29, 1.82) is 0 Å². The second-order valence-electron chi connectivity index (χ2n) is 4.71. The molecule has 1 aliphatic rings. The predicted octanol–water partition coefficient (Wildman–Crippen LogP) is 0.705. The lowest BCUT2D eigenvalue weighted by Gasteiger charge is -2.31. The Kier molecular flexibility index (Phi) is 6.21. The van der Waals surface area contributed by atoms with Crippen LogP contribution in [0.1, 0.15) is 28.1 Å². The zero-order valence-corrected chi connectivity index (χ0v) is 12.6. The van der Waals surface area contributed by atoms with Gasteiger partial charge < -0.3 is 19.8 Å². The summed E-state index contributed by atoms with van der Waals surface area (Å²) in [5.41, 5.74) is 0.678. The van der Waals surface area contributed by atoms with Gasteiger partial charge in [0, 0.05) is 18.7 Å². The van der Waals surface area contributed by atoms with E-state index in [0.29, 0.717) is 30.1 Å². The molecule has 0 radical (unpaired) electrons. The Morgan fingerprint density at radius 3 is 2.86 bits per heavy atom. The van der Waals surface area contributed by atoms with Crippen molar-refractivity contribution in [2.45, 2.75) is 18.9 Å². The summed E-state index contributed by atoms with van der Waals surface area (Å²) in [6.45, 7) is 1.47. The summed E-state index contributed by atoms with van der Waals surface area (Å²) < 4.78 is 5.49. The molecule has 2 N–H and O–H groups in total. The number of hydrogen-bond acceptors (Lipinski definition) is 5. The molecule has 1 fully saturated rings. The molecule has 1 saturated heterocycles. The van der Waals surface area contributed by atoms with Crippen molar-refractivity contribution >= 4 is 17.2 Å². The van der Waals surface area contributed by atoms with E-state index in [-0.39, 0.29) is 25.2 Å². The van der Waals surface area contributed by atoms with Gasteiger partial charge in [-0.3, -0.25) is 4.79 Å². The van der Waals surface area contributed by atoms with Crippen molar-refractivity contribution in [3.63, 3.8) is 0 Å². The van der Waals surface area contributed by atoms with Crippen molar-refractivity contribution in [2.24, 2.45) is 0 Å². The van der Waals surface area contributed by atoms with Crippen LogP contribution in [0.15, 0.2) is 11.4 Å². The molecule has 0 saturated carbocycles. The highest BCUT2D eigenvalue weighted by molar-refractivity contribution is 7.12. The van der Waals surface area contributed by atoms with Crippen LogP contribution in [0.5, 0.6) is 0 Å². The van der Waals surface area contributed by atoms with Crippen LogP contribution in [-0.2, 0) is 4.74 Å². The number of aliphatic hydroxyl groups is 2. The van der Waals surface area contributed by atoms with Crippen molar-refractivity contribution in [2.75, 3.05) is 32.9 Å². The van der Waals surface area contributed by atoms with Gasteiger partial charge in [-0.15, -0.1) is 11.3 Å². The lowest BCUT2D eigenvalue weighted by Crippen LogP contribution is -2.41. The van der Waals surface area contributed by atoms with E-state index in [4.69, 9.17) is 14.9 Å². The third-order valence-corrected chi connectivity index (χ3v) is 4.24. The normalized spacial score (nSPS) is 15.6. The third-order valence-electron chi connectivity index (χ3n) is 3.34. The zero-order chi connectivity index (χ0) is 15.1. The summed E-state index contributed by atoms with van der Waals surface area (Å²) in [6.07, 6.45) is 1.70. The number of hydrogen-bond donors (Lipinski definition) is 2. The highest BCUT2D eigenvalue weighted by atomic mass is 32.1. The molecular weight excluding hydrogens is 290 g/mol. The minimum atomic E-state index is -0.211. The zero-order valence-electron chi connectivity index (χ0n) is 11.7. The Bertz CT molecular complexity index is 523. The molecule has 1 aromatic rings. The maximum absolute atomic E-state index is 12.5. The van der Waals surface area contributed by atoms with Crippen molar-refractivity contribution in [1.82, 2.24) is 4.90 Å². The number of thiophene rings is 1. The summed E-state index contributed by atoms with van der Waals surface area (Å²) in [6, 6.07) is 1.80. The molecule has 1 aromatic heterocycles. The highest BCUT2D eigenvalue weighted by Gasteiger charge is 2.25. The van der Waals surface area contributed by atoms with Gasteiger partial charge in [0.1, 0.15) is 11.5 Å². The van der Waals surface area contributed by atoms with E-state index in [2.05, 4.69) is 11.8 Å². The first kappa shape index (κ1) is 16.0. The summed E-state index contributed by atoms with van der Waals surface area (Å²) in [5.74, 6) is 5.38. The third kappa shape index (κ3) is 4.29. The van der Waals surface area contributed by atoms with Crippen LogP contribution in [0, 0.1) is 11.8 Å². The predicted molar refractivity (Wildman–Crippen MR) is 80.2 cm³/mol. The minimum absolute atomic E-state index is 0.00662. The van der Waals surface area contributed by atoms with Crippen molar-refractivity contribution in [3.8, 4) is 11.8 Å². The average Bonchev–Trinajstić information content (AvgIpc) is 2.99. The Hall–Kier alpha value is -1.39. The topological polar surface area (TPSA) is 70.0 Å². The number of rotatable bonds is 4. The van der Waals surface area contributed by atoms with Crippen LogP contribution in [0.25, 0.3) is 0 Å². The van der Waals surface area contributed by atoms with Crippen LogP contribution < -0.4 is 0 Å². The fraction of sp³-hybridized carbons (Fsp3) is 0.533. The van der Waals surface area contributed by atoms with Gasteiger partial charge in [-0.05, 0) is 24.3 Å². The maximum atomic E-state index is 12.5. The number of piperidine rings is 1. The molecule has 0 aliphatic carbocycles. The number of amides is 1. The summed E-state index contributed by atoms with van der Waals surface area (Å²) in [4.78, 5) is 14.9. The molecular formula is C15H19NO4S. The van der Waals surface area contributed by atoms with E-state index >= 15 is 0 Å². The van der Waals surface area contributed by atoms with Crippen molar-refractivity contribution in [3.05, 3.63) is 21.9 Å². The molecule has 5 nitrogen and oxygen atoms in total. The van der Waals surface area contributed by atoms with Crippen LogP contribution >= 0.6 is 11.3 Å². The number of ether oxygens (including phenoxy) is 1. The smallest absolute Gasteiger partial charge is 0.265 e. The fourth-order valence-electron chi connectivity index (χ4n) is 2.30. The van der Waals surface area contributed by atoms with Gasteiger partial charge >= 0.3 is 0 Å². The fourth-order valence-corrected chi connectivity index (χ4v) is 3.11. The number of carbonyl (C=O) groups is 1. The van der Waals surface area contributed by atoms with E-state index in [9.17, 15) is 4.79 Å². The molecule has 2 rings (SSSR count). The van der Waals surface area contributed by atoms with Gasteiger partial charge in [-0.25, -0.2) is 0 Å². The van der Waals surface area contributed by atoms with E-state index < -0.39 is 0 Å². The van der Waals surface area contributed by atoms with E-state index in [0.717, 1.165) is 12.8 Å². The molecule has 114 valence electrons. The number of aliphatic hydroxyl groups excluding tert-OH is 2. The van der Waals surface area contributed by atoms with Crippen molar-refractivity contribution < 1.29 is 19.7 Å². The minimum Gasteiger partial charge on any atom is -0.394 e. The van der Waals surface area contributed by atoms with Gasteiger partial charge in [0.2, 0.25) is 0 Å². The first-order chi connectivity index (χ1) is 10.3. The molecule has 0 unspecified atom stereocenters. The average molecular weight is 309 g/mol. The largest absolute Gasteiger partial charge is 0.394 e. The summed E-state index contributed by atoms with van der Waals surface area (Å²) in [7, 11) is 0. The number of nitrogens with zero attached hydrogens (tertiary/aromatic N) is 1. The molecule has 0 bridgehead atoms. The summed E-state index contributed by atoms with van der Waals surface area (Å²) >= 11 is 1.38. The van der Waals surface area contributed by atoms with Crippen LogP contribution in [0.3, 0.4) is 0 Å². The second kappa shape index (κ2) is 8.15. The Morgan fingerprint density at radius 2 is 2.19 bits per heavy atom. The molecule has 1 amide bonds. The van der Waals surface area contributed by atoms with Crippen LogP contribution in [0.2, 0.25) is 0 Å². The monoisotopic (exact) mass is 309 g/mol. The molecule has 2 heterocycles. The highest BCUT2D eigenvalue weighted by Crippen LogP contribution is 2.21. The van der Waals surface area contributed by atoms with Crippen LogP contribution in [-0.4, -0.2) is 60.0 Å². The van der Waals surface area contributed by atoms with E-state index in [1.807, 2.05) is 10.3 Å². The first-order valence-electron chi connectivity index (χ1n) is 6.95. The Balaban J connectivity index is 1.94. The Morgan fingerprint density at radius 1 is 1.43 bits per heavy atom. The SMILES string of the molecule is O=C(c1sccc1C#CCO)N1CCC(OCCO)CC1. The lowest BCUT2D eigenvalue weighted by molar-refractivity contribution is -0.00545. The molecule has 1 aliphatic heterocycles. The van der Waals surface area contributed by atoms with Gasteiger partial charge in [-0.1, -0.05) is 11.8 Å². The molecule has 0 spiro atoms. The maximum Gasteiger partial charge on any atom is 0.265 e. The number of likely N-dealkylation sites (tertiary alicyclic amines) is 1. The van der Waals surface area contributed by atoms with Gasteiger partial charge in [-0.2, -0.15) is 0 Å². The van der Waals surface area contributed by atoms with Gasteiger partial charge in [0.15, 0.2) is 0 Å². The molecule has 21 heavy (non-hydrogen) atoms. The van der Waals surface area contributed by atoms with Gasteiger partial charge in [0.25, 0.3) is 5.91 Å². The lowest BCUT2D eigenvalue weighted by atomic mass is 10.1. The summed E-state index contributed by atoms with van der Waals surface area (Å²) in [5, 5.41) is 19.3. The van der Waals surface area contributed by atoms with Crippen LogP contribution in [0.4, 0.5) is 0 Å². The Labute approximate surface area is 128 Å². The standard InChI is InChI=1S/C15H19NO4S/c17-8-1-2-12-5-11-21-14(12)15(19)16-6-3-13(4-7-16)20-10-9-18/h5,11,13,17-18H,3-4,6-10H2. The van der Waals surface area contributed by atoms with Gasteiger partial charge in [0.05, 0.1) is 19.3 Å². The molecule has 6 heteroatoms. The quantitative estimate of drug-likeness (QED) is 0.804. The first-order valence-corrected chi connectivity index (χ1v) is 7.83.